The Bertz CT molecular complexity index is 158. The van der Waals surface area contributed by atoms with Crippen LogP contribution in [0.25, 0.3) is 0 Å². The summed E-state index contributed by atoms with van der Waals surface area (Å²) in [6, 6.07) is 0. The molecule has 2 nitrogen and oxygen atoms in total. The second-order valence-electron chi connectivity index (χ2n) is 1.60. The molecule has 0 amide bonds. The third kappa shape index (κ3) is 2.64. The lowest BCUT2D eigenvalue weighted by Gasteiger charge is -1.81. The lowest BCUT2D eigenvalue weighted by Crippen LogP contribution is -3.00. The van der Waals surface area contributed by atoms with Crippen molar-refractivity contribution in [3.05, 3.63) is 31.4 Å². The first-order valence-electron chi connectivity index (χ1n) is 2.56. The van der Waals surface area contributed by atoms with Crippen LogP contribution >= 0.6 is 0 Å². The van der Waals surface area contributed by atoms with Gasteiger partial charge < -0.3 is 24.0 Å². The lowest BCUT2D eigenvalue weighted by molar-refractivity contribution is -0.685. The number of hydrogen-bond acceptors (Lipinski definition) is 0. The van der Waals surface area contributed by atoms with Crippen molar-refractivity contribution in [2.75, 3.05) is 0 Å². The van der Waals surface area contributed by atoms with Crippen molar-refractivity contribution in [3.63, 3.8) is 0 Å². The molecule has 0 radical (unpaired) electrons. The average Bonchev–Trinajstić information content (AvgIpc) is 2.19. The summed E-state index contributed by atoms with van der Waals surface area (Å²) in [5.41, 5.74) is 0. The van der Waals surface area contributed by atoms with Crippen molar-refractivity contribution in [1.82, 2.24) is 4.98 Å². The molecule has 0 aliphatic heterocycles. The van der Waals surface area contributed by atoms with Gasteiger partial charge in [0, 0.05) is 0 Å². The van der Waals surface area contributed by atoms with Crippen LogP contribution in [-0.4, -0.2) is 4.98 Å². The number of nitrogens with one attached hydrogen (secondary N) is 1. The molecular formula is C6H9IN2. The minimum absolute atomic E-state index is 0. The number of allylic oxidation sites excluding steroid dienone is 1. The molecule has 1 heterocycles. The Hall–Kier alpha value is -0.320. The van der Waals surface area contributed by atoms with Crippen LogP contribution < -0.4 is 28.5 Å². The number of rotatable bonds is 2. The van der Waals surface area contributed by atoms with Gasteiger partial charge in [-0.3, -0.25) is 4.98 Å². The van der Waals surface area contributed by atoms with Gasteiger partial charge in [0.2, 0.25) is 6.33 Å². The van der Waals surface area contributed by atoms with Gasteiger partial charge in [-0.15, -0.1) is 0 Å². The molecule has 0 bridgehead atoms. The first-order valence-corrected chi connectivity index (χ1v) is 2.56. The van der Waals surface area contributed by atoms with Gasteiger partial charge in [-0.05, 0) is 0 Å². The SMILES string of the molecule is C=CC[n+]1cc[nH]c1.[I-]. The highest BCUT2D eigenvalue weighted by Crippen LogP contribution is 1.68. The Kier molecular flexibility index (Phi) is 4.39. The maximum atomic E-state index is 3.60. The van der Waals surface area contributed by atoms with Crippen molar-refractivity contribution >= 4 is 0 Å². The van der Waals surface area contributed by atoms with Crippen LogP contribution in [0.2, 0.25) is 0 Å². The fraction of sp³-hybridized carbons (Fsp3) is 0.167. The average molecular weight is 236 g/mol. The minimum atomic E-state index is 0. The molecule has 0 spiro atoms. The van der Waals surface area contributed by atoms with Crippen LogP contribution in [0.15, 0.2) is 31.4 Å². The molecule has 0 aliphatic carbocycles. The second-order valence-corrected chi connectivity index (χ2v) is 1.60. The molecule has 50 valence electrons. The Morgan fingerprint density at radius 1 is 1.67 bits per heavy atom. The van der Waals surface area contributed by atoms with Crippen molar-refractivity contribution < 1.29 is 28.5 Å². The quantitative estimate of drug-likeness (QED) is 0.332. The van der Waals surface area contributed by atoms with E-state index in [1.807, 2.05) is 29.4 Å². The maximum absolute atomic E-state index is 3.60. The van der Waals surface area contributed by atoms with E-state index in [0.717, 1.165) is 6.54 Å². The van der Waals surface area contributed by atoms with Crippen molar-refractivity contribution in [2.45, 2.75) is 6.54 Å². The molecule has 1 aromatic rings. The highest BCUT2D eigenvalue weighted by atomic mass is 127. The molecule has 0 fully saturated rings. The Morgan fingerprint density at radius 3 is 2.89 bits per heavy atom. The molecule has 0 aromatic carbocycles. The molecule has 0 aliphatic rings. The van der Waals surface area contributed by atoms with Crippen LogP contribution in [0, 0.1) is 0 Å². The summed E-state index contributed by atoms with van der Waals surface area (Å²) in [4.78, 5) is 2.93. The Labute approximate surface area is 71.6 Å². The highest BCUT2D eigenvalue weighted by Gasteiger charge is 1.87. The number of halogens is 1. The van der Waals surface area contributed by atoms with E-state index in [0.29, 0.717) is 0 Å². The predicted molar refractivity (Wildman–Crippen MR) is 31.2 cm³/mol. The smallest absolute Gasteiger partial charge is 0.241 e. The molecule has 0 saturated heterocycles. The number of aromatic nitrogens is 2. The van der Waals surface area contributed by atoms with E-state index in [-0.39, 0.29) is 24.0 Å². The molecule has 0 unspecified atom stereocenters. The molecular weight excluding hydrogens is 227 g/mol. The monoisotopic (exact) mass is 236 g/mol. The van der Waals surface area contributed by atoms with E-state index in [1.165, 1.54) is 0 Å². The molecule has 9 heavy (non-hydrogen) atoms. The minimum Gasteiger partial charge on any atom is -1.00 e. The molecule has 3 heteroatoms. The van der Waals surface area contributed by atoms with Gasteiger partial charge in [0.1, 0.15) is 18.9 Å². The third-order valence-electron chi connectivity index (χ3n) is 0.943. The van der Waals surface area contributed by atoms with Gasteiger partial charge in [-0.25, -0.2) is 4.57 Å². The van der Waals surface area contributed by atoms with E-state index >= 15 is 0 Å². The zero-order valence-electron chi connectivity index (χ0n) is 5.05. The lowest BCUT2D eigenvalue weighted by atomic mass is 10.6. The van der Waals surface area contributed by atoms with Gasteiger partial charge in [-0.1, -0.05) is 12.7 Å². The number of nitrogens with zero attached hydrogens (tertiary/aromatic N) is 1. The molecule has 1 N–H and O–H groups in total. The predicted octanol–water partition coefficient (Wildman–Crippen LogP) is -2.51. The summed E-state index contributed by atoms with van der Waals surface area (Å²) in [6.07, 6.45) is 7.58. The van der Waals surface area contributed by atoms with Gasteiger partial charge >= 0.3 is 0 Å². The Balaban J connectivity index is 0.000000640. The molecule has 0 saturated carbocycles. The van der Waals surface area contributed by atoms with Gasteiger partial charge in [0.15, 0.2) is 0 Å². The standard InChI is InChI=1S/C6H8N2.HI/c1-2-4-8-5-3-7-6-8;/h2-3,5-6H,1,4H2;1H. The van der Waals surface area contributed by atoms with Crippen molar-refractivity contribution in [1.29, 1.82) is 0 Å². The number of H-pyrrole nitrogens is 1. The molecule has 1 rings (SSSR count). The summed E-state index contributed by atoms with van der Waals surface area (Å²) in [6.45, 7) is 4.48. The topological polar surface area (TPSA) is 19.7 Å². The fourth-order valence-corrected chi connectivity index (χ4v) is 0.583. The van der Waals surface area contributed by atoms with Crippen LogP contribution in [0.5, 0.6) is 0 Å². The summed E-state index contributed by atoms with van der Waals surface area (Å²) in [5, 5.41) is 0. The summed E-state index contributed by atoms with van der Waals surface area (Å²) in [5.74, 6) is 0. The van der Waals surface area contributed by atoms with Crippen LogP contribution in [0.3, 0.4) is 0 Å². The van der Waals surface area contributed by atoms with E-state index in [1.54, 1.807) is 0 Å². The van der Waals surface area contributed by atoms with E-state index < -0.39 is 0 Å². The Morgan fingerprint density at radius 2 is 2.44 bits per heavy atom. The maximum Gasteiger partial charge on any atom is 0.241 e. The summed E-state index contributed by atoms with van der Waals surface area (Å²) < 4.78 is 2.01. The molecule has 1 aromatic heterocycles. The third-order valence-corrected chi connectivity index (χ3v) is 0.943. The first-order chi connectivity index (χ1) is 3.93. The van der Waals surface area contributed by atoms with Crippen LogP contribution in [-0.2, 0) is 6.54 Å². The van der Waals surface area contributed by atoms with Gasteiger partial charge in [0.05, 0.1) is 0 Å². The molecule has 0 atom stereocenters. The summed E-state index contributed by atoms with van der Waals surface area (Å²) in [7, 11) is 0. The largest absolute Gasteiger partial charge is 1.00 e. The van der Waals surface area contributed by atoms with Crippen LogP contribution in [0.4, 0.5) is 0 Å². The number of hydrogen-bond donors (Lipinski definition) is 1. The first kappa shape index (κ1) is 8.68. The van der Waals surface area contributed by atoms with Crippen molar-refractivity contribution in [3.8, 4) is 0 Å². The fourth-order valence-electron chi connectivity index (χ4n) is 0.583. The van der Waals surface area contributed by atoms with E-state index in [2.05, 4.69) is 11.6 Å². The van der Waals surface area contributed by atoms with E-state index in [9.17, 15) is 0 Å². The van der Waals surface area contributed by atoms with Crippen LogP contribution in [0.1, 0.15) is 0 Å². The number of imidazole rings is 1. The normalized spacial score (nSPS) is 8.00. The number of aromatic amines is 1. The zero-order chi connectivity index (χ0) is 5.82. The van der Waals surface area contributed by atoms with Gasteiger partial charge in [0.25, 0.3) is 0 Å². The van der Waals surface area contributed by atoms with Gasteiger partial charge in [-0.2, -0.15) is 0 Å². The van der Waals surface area contributed by atoms with Crippen molar-refractivity contribution in [2.24, 2.45) is 0 Å². The highest BCUT2D eigenvalue weighted by molar-refractivity contribution is 4.61. The second kappa shape index (κ2) is 4.55. The zero-order valence-corrected chi connectivity index (χ0v) is 7.21. The summed E-state index contributed by atoms with van der Waals surface area (Å²) >= 11 is 0. The van der Waals surface area contributed by atoms with E-state index in [4.69, 9.17) is 0 Å².